The van der Waals surface area contributed by atoms with Crippen molar-refractivity contribution in [2.45, 2.75) is 144 Å². The molecule has 7 N–H and O–H groups in total. The molecule has 0 bridgehead atoms. The number of alkyl halides is 1. The van der Waals surface area contributed by atoms with Gasteiger partial charge in [0.1, 0.15) is 66.4 Å². The number of phenolic OH excluding ortho intramolecular Hbond substituents is 1. The first-order valence-electron chi connectivity index (χ1n) is 32.8. The van der Waals surface area contributed by atoms with E-state index in [-0.39, 0.29) is 48.5 Å². The van der Waals surface area contributed by atoms with Gasteiger partial charge in [0.2, 0.25) is 0 Å². The maximum Gasteiger partial charge on any atom is 0.330 e. The van der Waals surface area contributed by atoms with Crippen molar-refractivity contribution in [1.29, 1.82) is 0 Å². The maximum atomic E-state index is 11.9. The standard InChI is InChI=1S/C21H30O5.C18H24O8.C13H16O2.C12H14O3.C10H10O2.C3H7Br/c1-5-12-24-18-9-6-17(7-10-18)8-11-20(22)25-13-19-15(3)14(2)16(4)21(23)26-19;1-2-9-24-12-6-3-11(4-7-12)5-8-14(19)25-10-13-15(20)16(21)17(22)18(23)26-13;1-3-10-15-13-8-6-12(7-9-13)5-4-11(2)14;1-2-9-15-11-6-3-10(4-7-11)5-8-12(13)14;1-8(11)2-3-9-4-6-10(12)7-5-9;1-2-3-4/h6-11,14-16,19,21,23H,5,12-13H2,1-4H3;3-8,13,15-18,20-23H,2,9-10H2,1H3;4-9H,3,10H2,1-2H3;3-8H,2,9H2,1H3,(H,13,14);2-7,12H,1H3;2-3H2,1H3/b11-8+;8-5+;5-4+;8-5+;3-2+;/t14-,15-,16?,19?,21-;13?,15-,16+,17?,18+;;;;/m01..../s1. The highest BCUT2D eigenvalue weighted by Crippen LogP contribution is 2.34. The summed E-state index contributed by atoms with van der Waals surface area (Å²) in [6, 6.07) is 36.4. The van der Waals surface area contributed by atoms with Crippen molar-refractivity contribution in [2.75, 3.05) is 45.0 Å². The third-order valence-electron chi connectivity index (χ3n) is 14.2. The number of halogens is 1. The van der Waals surface area contributed by atoms with Gasteiger partial charge in [-0.2, -0.15) is 0 Å². The molecule has 0 radical (unpaired) electrons. The average molecular weight is 1430 g/mol. The van der Waals surface area contributed by atoms with Crippen LogP contribution in [0, 0.1) is 17.8 Å². The summed E-state index contributed by atoms with van der Waals surface area (Å²) in [4.78, 5) is 55.2. The molecule has 21 heteroatoms. The topological polar surface area (TPSA) is 301 Å². The Morgan fingerprint density at radius 2 is 0.714 bits per heavy atom. The van der Waals surface area contributed by atoms with E-state index >= 15 is 0 Å². The molecule has 4 unspecified atom stereocenters. The molecule has 98 heavy (non-hydrogen) atoms. The second-order valence-electron chi connectivity index (χ2n) is 22.6. The SMILES string of the molecule is CC(=O)/C=C/c1ccc(O)cc1.CCCBr.CCCOc1ccc(/C=C/C(=O)O)cc1.CCCOc1ccc(/C=C/C(=O)OCC2O[C@H](O)C(C)[C@@H](C)[C@@H]2C)cc1.CCCOc1ccc(/C=C/C(=O)OCC2O[C@H](O)C(O)[C@@H](O)[C@@H]2O)cc1.CCCOc1ccc(/C=C/C(C)=O)cc1. The monoisotopic (exact) mass is 1420 g/mol. The van der Waals surface area contributed by atoms with Gasteiger partial charge in [-0.3, -0.25) is 9.59 Å². The van der Waals surface area contributed by atoms with Gasteiger partial charge in [-0.25, -0.2) is 14.4 Å². The highest BCUT2D eigenvalue weighted by atomic mass is 79.9. The molecule has 0 aromatic heterocycles. The molecule has 7 rings (SSSR count). The van der Waals surface area contributed by atoms with Crippen molar-refractivity contribution >= 4 is 75.8 Å². The van der Waals surface area contributed by atoms with Crippen molar-refractivity contribution in [3.8, 4) is 28.7 Å². The minimum Gasteiger partial charge on any atom is -0.508 e. The van der Waals surface area contributed by atoms with E-state index in [4.69, 9.17) is 48.1 Å². The number of phenols is 1. The van der Waals surface area contributed by atoms with E-state index in [1.54, 1.807) is 85.0 Å². The number of rotatable bonds is 27. The number of benzene rings is 5. The predicted octanol–water partition coefficient (Wildman–Crippen LogP) is 12.9. The number of allylic oxidation sites excluding steroid dienone is 2. The number of carbonyl (C=O) groups excluding carboxylic acids is 4. The Labute approximate surface area is 586 Å². The molecular weight excluding hydrogens is 1320 g/mol. The third-order valence-corrected chi connectivity index (χ3v) is 15.0. The number of hydrogen-bond donors (Lipinski definition) is 7. The molecule has 2 aliphatic rings. The number of ether oxygens (including phenoxy) is 8. The van der Waals surface area contributed by atoms with Crippen molar-refractivity contribution in [2.24, 2.45) is 17.8 Å². The molecule has 20 nitrogen and oxygen atoms in total. The van der Waals surface area contributed by atoms with Gasteiger partial charge < -0.3 is 73.6 Å². The Morgan fingerprint density at radius 3 is 1.03 bits per heavy atom. The summed E-state index contributed by atoms with van der Waals surface area (Å²) in [5, 5.41) is 66.6. The number of carboxylic acids is 1. The molecule has 5 aromatic carbocycles. The zero-order valence-electron chi connectivity index (χ0n) is 57.9. The van der Waals surface area contributed by atoms with Gasteiger partial charge >= 0.3 is 17.9 Å². The second-order valence-corrected chi connectivity index (χ2v) is 23.4. The van der Waals surface area contributed by atoms with Crippen LogP contribution in [0.2, 0.25) is 0 Å². The van der Waals surface area contributed by atoms with Gasteiger partial charge in [-0.05, 0) is 177 Å². The van der Waals surface area contributed by atoms with Crippen LogP contribution in [0.5, 0.6) is 28.7 Å². The van der Waals surface area contributed by atoms with Crippen LogP contribution < -0.4 is 18.9 Å². The predicted molar refractivity (Wildman–Crippen MR) is 384 cm³/mol. The lowest BCUT2D eigenvalue weighted by atomic mass is 9.79. The number of aliphatic hydroxyl groups is 5. The van der Waals surface area contributed by atoms with E-state index < -0.39 is 54.9 Å². The number of carbonyl (C=O) groups is 5. The molecule has 0 spiro atoms. The van der Waals surface area contributed by atoms with Crippen LogP contribution >= 0.6 is 15.9 Å². The lowest BCUT2D eigenvalue weighted by molar-refractivity contribution is -0.287. The van der Waals surface area contributed by atoms with Crippen LogP contribution in [-0.2, 0) is 42.9 Å². The molecular formula is C77H101BrO20. The van der Waals surface area contributed by atoms with E-state index in [1.807, 2.05) is 93.6 Å². The van der Waals surface area contributed by atoms with E-state index in [2.05, 4.69) is 50.5 Å². The summed E-state index contributed by atoms with van der Waals surface area (Å²) >= 11 is 3.25. The number of aliphatic carboxylic acids is 1. The summed E-state index contributed by atoms with van der Waals surface area (Å²) < 4.78 is 42.6. The Morgan fingerprint density at radius 1 is 0.408 bits per heavy atom. The lowest BCUT2D eigenvalue weighted by Gasteiger charge is -2.41. The summed E-state index contributed by atoms with van der Waals surface area (Å²) in [7, 11) is 0. The van der Waals surface area contributed by atoms with Crippen LogP contribution in [0.3, 0.4) is 0 Å². The first-order valence-corrected chi connectivity index (χ1v) is 34.0. The van der Waals surface area contributed by atoms with Gasteiger partial charge in [0.05, 0.1) is 32.5 Å². The van der Waals surface area contributed by atoms with Crippen LogP contribution in [0.15, 0.2) is 152 Å². The fourth-order valence-electron chi connectivity index (χ4n) is 8.28. The maximum absolute atomic E-state index is 11.9. The number of aromatic hydroxyl groups is 1. The van der Waals surface area contributed by atoms with Crippen LogP contribution in [0.25, 0.3) is 30.4 Å². The first kappa shape index (κ1) is 85.8. The molecule has 0 aliphatic carbocycles. The summed E-state index contributed by atoms with van der Waals surface area (Å²) in [6.45, 7) is 22.0. The molecule has 0 saturated carbocycles. The molecule has 536 valence electrons. The average Bonchev–Trinajstić information content (AvgIpc) is 0.847. The summed E-state index contributed by atoms with van der Waals surface area (Å²) in [5.74, 6) is 2.08. The van der Waals surface area contributed by atoms with Crippen LogP contribution in [0.1, 0.15) is 129 Å². The highest BCUT2D eigenvalue weighted by molar-refractivity contribution is 9.09. The molecule has 0 amide bonds. The molecule has 2 fully saturated rings. The minimum atomic E-state index is -1.67. The van der Waals surface area contributed by atoms with Crippen molar-refractivity contribution in [3.63, 3.8) is 0 Å². The molecule has 2 aliphatic heterocycles. The smallest absolute Gasteiger partial charge is 0.330 e. The molecule has 10 atom stereocenters. The Hall–Kier alpha value is -8.25. The largest absolute Gasteiger partial charge is 0.508 e. The van der Waals surface area contributed by atoms with Crippen LogP contribution in [0.4, 0.5) is 0 Å². The quantitative estimate of drug-likeness (QED) is 0.0146. The fraction of sp³-hybridized carbons (Fsp3) is 0.416. The first-order chi connectivity index (χ1) is 46.9. The highest BCUT2D eigenvalue weighted by Gasteiger charge is 2.43. The number of esters is 2. The summed E-state index contributed by atoms with van der Waals surface area (Å²) in [6.07, 6.45) is 11.6. The van der Waals surface area contributed by atoms with E-state index in [0.717, 1.165) is 94.5 Å². The number of ketones is 2. The molecule has 5 aromatic rings. The molecule has 2 saturated heterocycles. The van der Waals surface area contributed by atoms with Crippen molar-refractivity contribution < 1.29 is 97.6 Å². The zero-order valence-corrected chi connectivity index (χ0v) is 59.5. The number of aliphatic hydroxyl groups excluding tert-OH is 5. The number of hydrogen-bond acceptors (Lipinski definition) is 19. The van der Waals surface area contributed by atoms with Gasteiger partial charge in [0.15, 0.2) is 24.1 Å². The number of carboxylic acid groups (broad SMARTS) is 1. The normalized spacial score (nSPS) is 20.1. The van der Waals surface area contributed by atoms with E-state index in [9.17, 15) is 49.5 Å². The van der Waals surface area contributed by atoms with Gasteiger partial charge in [0, 0.05) is 29.5 Å². The Kier molecular flexibility index (Phi) is 43.9. The fourth-order valence-corrected chi connectivity index (χ4v) is 8.28. The summed E-state index contributed by atoms with van der Waals surface area (Å²) in [5.41, 5.74) is 4.43. The van der Waals surface area contributed by atoms with Gasteiger partial charge in [-0.15, -0.1) is 0 Å². The Balaban J connectivity index is 0.000000423. The lowest BCUT2D eigenvalue weighted by Crippen LogP contribution is -2.58. The van der Waals surface area contributed by atoms with Crippen LogP contribution in [-0.4, -0.2) is 153 Å². The minimum absolute atomic E-state index is 0.0167. The van der Waals surface area contributed by atoms with Crippen molar-refractivity contribution in [1.82, 2.24) is 0 Å². The zero-order chi connectivity index (χ0) is 72.8. The second kappa shape index (κ2) is 50.1. The molecule has 2 heterocycles. The third kappa shape index (κ3) is 36.9. The van der Waals surface area contributed by atoms with Crippen molar-refractivity contribution in [3.05, 3.63) is 180 Å². The van der Waals surface area contributed by atoms with Gasteiger partial charge in [-0.1, -0.05) is 144 Å². The van der Waals surface area contributed by atoms with Gasteiger partial charge in [0.25, 0.3) is 0 Å². The Bertz CT molecular complexity index is 3000. The van der Waals surface area contributed by atoms with E-state index in [1.165, 1.54) is 38.5 Å². The van der Waals surface area contributed by atoms with E-state index in [0.29, 0.717) is 25.7 Å².